The molecule has 0 saturated heterocycles. The Labute approximate surface area is 258 Å². The molecule has 1 unspecified atom stereocenters. The minimum Gasteiger partial charge on any atom is -0.345 e. The van der Waals surface area contributed by atoms with Crippen molar-refractivity contribution in [1.82, 2.24) is 5.32 Å². The molecule has 2 nitrogen and oxygen atoms in total. The van der Waals surface area contributed by atoms with Crippen LogP contribution in [0.5, 0.6) is 0 Å². The zero-order valence-electron chi connectivity index (χ0n) is 22.7. The van der Waals surface area contributed by atoms with E-state index in [9.17, 15) is 31.1 Å². The predicted octanol–water partition coefficient (Wildman–Crippen LogP) is 8.34. The summed E-state index contributed by atoms with van der Waals surface area (Å²) in [5.74, 6) is -0.995. The van der Waals surface area contributed by atoms with Crippen molar-refractivity contribution in [3.8, 4) is 0 Å². The molecule has 10 heteroatoms. The van der Waals surface area contributed by atoms with Gasteiger partial charge in [0.2, 0.25) is 0 Å². The van der Waals surface area contributed by atoms with Crippen LogP contribution in [0.15, 0.2) is 127 Å². The number of allylic oxidation sites excluding steroid dienone is 7. The Kier molecular flexibility index (Phi) is 12.2. The van der Waals surface area contributed by atoms with Crippen LogP contribution in [0.1, 0.15) is 34.3 Å². The molecule has 3 aromatic carbocycles. The number of hydrogen-bond donors (Lipinski definition) is 1. The summed E-state index contributed by atoms with van der Waals surface area (Å²) in [6, 6.07) is 19.6. The molecular formula is C33H28F6FeNOP. The smallest absolute Gasteiger partial charge is 0.345 e. The maximum atomic E-state index is 13.3. The molecule has 0 aliphatic heterocycles. The van der Waals surface area contributed by atoms with E-state index >= 15 is 0 Å². The molecule has 0 radical (unpaired) electrons. The average Bonchev–Trinajstić information content (AvgIpc) is 3.73. The predicted molar refractivity (Wildman–Crippen MR) is 156 cm³/mol. The van der Waals surface area contributed by atoms with Crippen molar-refractivity contribution in [2.24, 2.45) is 0 Å². The first-order chi connectivity index (χ1) is 20.0. The van der Waals surface area contributed by atoms with E-state index in [1.165, 1.54) is 0 Å². The molecule has 0 fully saturated rings. The van der Waals surface area contributed by atoms with E-state index in [4.69, 9.17) is 0 Å². The minimum absolute atomic E-state index is 0. The second-order valence-electron chi connectivity index (χ2n) is 9.57. The first kappa shape index (κ1) is 34.1. The molecule has 0 aromatic heterocycles. The summed E-state index contributed by atoms with van der Waals surface area (Å²) in [6.45, 7) is 0. The van der Waals surface area contributed by atoms with Gasteiger partial charge in [-0.2, -0.15) is 26.3 Å². The summed E-state index contributed by atoms with van der Waals surface area (Å²) in [7, 11) is -0.999. The van der Waals surface area contributed by atoms with Crippen LogP contribution >= 0.6 is 7.92 Å². The van der Waals surface area contributed by atoms with Crippen LogP contribution in [0.3, 0.4) is 0 Å². The Morgan fingerprint density at radius 3 is 1.65 bits per heavy atom. The van der Waals surface area contributed by atoms with Crippen molar-refractivity contribution < 1.29 is 48.2 Å². The van der Waals surface area contributed by atoms with Gasteiger partial charge in [0.15, 0.2) is 0 Å². The molecular weight excluding hydrogens is 627 g/mol. The summed E-state index contributed by atoms with van der Waals surface area (Å²) in [5.41, 5.74) is -2.92. The molecule has 0 bridgehead atoms. The quantitative estimate of drug-likeness (QED) is 0.155. The van der Waals surface area contributed by atoms with Crippen molar-refractivity contribution in [3.05, 3.63) is 144 Å². The Bertz CT molecular complexity index is 1400. The van der Waals surface area contributed by atoms with Gasteiger partial charge in [-0.25, -0.2) is 0 Å². The summed E-state index contributed by atoms with van der Waals surface area (Å²) in [6.07, 6.45) is 5.89. The molecule has 43 heavy (non-hydrogen) atoms. The molecule has 5 rings (SSSR count). The summed E-state index contributed by atoms with van der Waals surface area (Å²) in [5, 5.41) is 4.81. The number of nitrogens with one attached hydrogen (secondary N) is 1. The molecule has 0 spiro atoms. The first-order valence-electron chi connectivity index (χ1n) is 13.2. The number of carbonyl (C=O) groups is 1. The second kappa shape index (κ2) is 15.4. The van der Waals surface area contributed by atoms with Crippen LogP contribution in [0.4, 0.5) is 26.3 Å². The van der Waals surface area contributed by atoms with Crippen LogP contribution in [-0.4, -0.2) is 18.1 Å². The average molecular weight is 655 g/mol. The molecule has 2 aliphatic carbocycles. The molecule has 1 N–H and O–H groups in total. The van der Waals surface area contributed by atoms with E-state index in [1.54, 1.807) is 0 Å². The van der Waals surface area contributed by atoms with Gasteiger partial charge in [0.25, 0.3) is 5.91 Å². The van der Waals surface area contributed by atoms with Gasteiger partial charge in [0.1, 0.15) is 0 Å². The molecule has 3 aromatic rings. The second-order valence-corrected chi connectivity index (χ2v) is 11.8. The standard InChI is InChI=1S/C28H22F6NOP.C5H6.Fe/c29-27(30,31)21-15-20(16-22(17-21)28(32,33)34)26(36)35-25(19-9-7-8-10-19)18-37(23-11-3-1-4-12-23)24-13-5-2-6-14-24;1-2-4-5-3-1;/h1-9,11-17,25H,10,18H2,(H,35,36);1-4H,5H2;. The molecule has 0 saturated carbocycles. The summed E-state index contributed by atoms with van der Waals surface area (Å²) in [4.78, 5) is 13.1. The van der Waals surface area contributed by atoms with Gasteiger partial charge in [0, 0.05) is 22.6 Å². The number of amides is 1. The van der Waals surface area contributed by atoms with E-state index in [1.807, 2.05) is 78.9 Å². The summed E-state index contributed by atoms with van der Waals surface area (Å²) < 4.78 is 80.0. The van der Waals surface area contributed by atoms with Crippen LogP contribution < -0.4 is 15.9 Å². The third-order valence-electron chi connectivity index (χ3n) is 6.56. The van der Waals surface area contributed by atoms with Crippen molar-refractivity contribution >= 4 is 24.4 Å². The van der Waals surface area contributed by atoms with Crippen molar-refractivity contribution in [2.45, 2.75) is 31.2 Å². The third-order valence-corrected chi connectivity index (χ3v) is 9.13. The van der Waals surface area contributed by atoms with Crippen LogP contribution in [-0.2, 0) is 29.4 Å². The fourth-order valence-electron chi connectivity index (χ4n) is 4.46. The number of alkyl halides is 6. The Hall–Kier alpha value is -3.38. The number of halogens is 6. The number of rotatable bonds is 7. The van der Waals surface area contributed by atoms with Crippen molar-refractivity contribution in [1.29, 1.82) is 0 Å². The number of carbonyl (C=O) groups excluding carboxylic acids is 1. The SMILES string of the molecule is C1=CCC=C1.O=C(NC(CP(c1ccccc1)c1ccccc1)C1=CC=CC1)c1cc(C(F)(F)F)cc(C(F)(F)F)c1.[Fe]. The van der Waals surface area contributed by atoms with E-state index in [0.29, 0.717) is 24.7 Å². The van der Waals surface area contributed by atoms with Gasteiger partial charge in [0.05, 0.1) is 17.2 Å². The Morgan fingerprint density at radius 2 is 1.26 bits per heavy atom. The van der Waals surface area contributed by atoms with Gasteiger partial charge >= 0.3 is 12.4 Å². The number of hydrogen-bond acceptors (Lipinski definition) is 1. The van der Waals surface area contributed by atoms with Crippen molar-refractivity contribution in [3.63, 3.8) is 0 Å². The molecule has 226 valence electrons. The Morgan fingerprint density at radius 1 is 0.744 bits per heavy atom. The monoisotopic (exact) mass is 655 g/mol. The molecule has 1 amide bonds. The zero-order chi connectivity index (χ0) is 30.2. The molecule has 1 atom stereocenters. The third kappa shape index (κ3) is 9.82. The van der Waals surface area contributed by atoms with E-state index in [2.05, 4.69) is 29.6 Å². The van der Waals surface area contributed by atoms with Gasteiger partial charge in [-0.3, -0.25) is 4.79 Å². The summed E-state index contributed by atoms with van der Waals surface area (Å²) >= 11 is 0. The van der Waals surface area contributed by atoms with Crippen LogP contribution in [0.25, 0.3) is 0 Å². The van der Waals surface area contributed by atoms with Crippen LogP contribution in [0, 0.1) is 0 Å². The van der Waals surface area contributed by atoms with E-state index in [0.717, 1.165) is 22.6 Å². The number of benzene rings is 3. The van der Waals surface area contributed by atoms with Crippen molar-refractivity contribution in [2.75, 3.05) is 6.16 Å². The van der Waals surface area contributed by atoms with Gasteiger partial charge in [-0.1, -0.05) is 103 Å². The molecule has 2 aliphatic rings. The largest absolute Gasteiger partial charge is 0.416 e. The minimum atomic E-state index is -5.04. The van der Waals surface area contributed by atoms with Gasteiger partial charge < -0.3 is 5.32 Å². The fraction of sp³-hybridized carbons (Fsp3) is 0.182. The molecule has 0 heterocycles. The fourth-order valence-corrected chi connectivity index (χ4v) is 6.93. The van der Waals surface area contributed by atoms with Gasteiger partial charge in [-0.05, 0) is 61.3 Å². The maximum absolute atomic E-state index is 13.3. The van der Waals surface area contributed by atoms with E-state index < -0.39 is 48.9 Å². The van der Waals surface area contributed by atoms with E-state index in [-0.39, 0.29) is 23.1 Å². The Balaban J connectivity index is 0.000000765. The normalized spacial score (nSPS) is 14.5. The zero-order valence-corrected chi connectivity index (χ0v) is 24.7. The first-order valence-corrected chi connectivity index (χ1v) is 14.7. The van der Waals surface area contributed by atoms with Gasteiger partial charge in [-0.15, -0.1) is 0 Å². The van der Waals surface area contributed by atoms with Crippen LogP contribution in [0.2, 0.25) is 0 Å². The maximum Gasteiger partial charge on any atom is 0.416 e. The topological polar surface area (TPSA) is 29.1 Å².